The lowest BCUT2D eigenvalue weighted by atomic mass is 9.87. The molecule has 0 bridgehead atoms. The van der Waals surface area contributed by atoms with Crippen LogP contribution in [0.3, 0.4) is 0 Å². The molecule has 2 fully saturated rings. The highest BCUT2D eigenvalue weighted by atomic mass is 16.5. The van der Waals surface area contributed by atoms with Gasteiger partial charge in [0, 0.05) is 37.8 Å². The number of ether oxygens (including phenoxy) is 1. The third-order valence-corrected chi connectivity index (χ3v) is 4.85. The van der Waals surface area contributed by atoms with E-state index in [0.29, 0.717) is 18.9 Å². The van der Waals surface area contributed by atoms with Gasteiger partial charge in [0.2, 0.25) is 5.91 Å². The van der Waals surface area contributed by atoms with Crippen molar-refractivity contribution >= 4 is 11.7 Å². The summed E-state index contributed by atoms with van der Waals surface area (Å²) in [7, 11) is 0. The quantitative estimate of drug-likeness (QED) is 0.906. The minimum Gasteiger partial charge on any atom is -0.378 e. The van der Waals surface area contributed by atoms with E-state index in [0.717, 1.165) is 37.7 Å². The van der Waals surface area contributed by atoms with Gasteiger partial charge in [0.1, 0.15) is 5.82 Å². The topological polar surface area (TPSA) is 54.5 Å². The SMILES string of the molecule is O=C(CC1CCCCC1)NCc1cccnc1N1CCOCC1. The van der Waals surface area contributed by atoms with Crippen molar-refractivity contribution in [2.75, 3.05) is 31.2 Å². The first kappa shape index (κ1) is 16.2. The van der Waals surface area contributed by atoms with Crippen LogP contribution in [0.1, 0.15) is 44.1 Å². The van der Waals surface area contributed by atoms with Gasteiger partial charge in [0.15, 0.2) is 0 Å². The number of hydrogen-bond donors (Lipinski definition) is 1. The van der Waals surface area contributed by atoms with Gasteiger partial charge in [-0.3, -0.25) is 4.79 Å². The average molecular weight is 317 g/mol. The van der Waals surface area contributed by atoms with Crippen molar-refractivity contribution in [2.24, 2.45) is 5.92 Å². The highest BCUT2D eigenvalue weighted by Gasteiger charge is 2.18. The zero-order valence-electron chi connectivity index (χ0n) is 13.8. The molecule has 0 unspecified atom stereocenters. The summed E-state index contributed by atoms with van der Waals surface area (Å²) in [6, 6.07) is 3.99. The average Bonchev–Trinajstić information content (AvgIpc) is 2.62. The number of nitrogens with one attached hydrogen (secondary N) is 1. The molecule has 1 aliphatic carbocycles. The first-order valence-electron chi connectivity index (χ1n) is 8.86. The van der Waals surface area contributed by atoms with Gasteiger partial charge in [-0.25, -0.2) is 4.98 Å². The van der Waals surface area contributed by atoms with Gasteiger partial charge in [0.05, 0.1) is 13.2 Å². The van der Waals surface area contributed by atoms with E-state index in [1.54, 1.807) is 0 Å². The molecule has 0 aromatic carbocycles. The maximum atomic E-state index is 12.2. The van der Waals surface area contributed by atoms with Gasteiger partial charge in [-0.05, 0) is 24.8 Å². The van der Waals surface area contributed by atoms with Crippen LogP contribution in [-0.2, 0) is 16.1 Å². The Bertz CT molecular complexity index is 509. The first-order valence-corrected chi connectivity index (χ1v) is 8.86. The van der Waals surface area contributed by atoms with Crippen molar-refractivity contribution in [1.82, 2.24) is 10.3 Å². The number of nitrogens with zero attached hydrogens (tertiary/aromatic N) is 2. The van der Waals surface area contributed by atoms with Crippen LogP contribution in [0.15, 0.2) is 18.3 Å². The van der Waals surface area contributed by atoms with Gasteiger partial charge in [0.25, 0.3) is 0 Å². The molecule has 0 spiro atoms. The summed E-state index contributed by atoms with van der Waals surface area (Å²) >= 11 is 0. The number of hydrogen-bond acceptors (Lipinski definition) is 4. The molecule has 1 saturated carbocycles. The zero-order valence-corrected chi connectivity index (χ0v) is 13.8. The molecule has 3 rings (SSSR count). The summed E-state index contributed by atoms with van der Waals surface area (Å²) in [6.07, 6.45) is 8.80. The smallest absolute Gasteiger partial charge is 0.220 e. The van der Waals surface area contributed by atoms with Crippen molar-refractivity contribution in [1.29, 1.82) is 0 Å². The van der Waals surface area contributed by atoms with Crippen LogP contribution < -0.4 is 10.2 Å². The predicted molar refractivity (Wildman–Crippen MR) is 90.3 cm³/mol. The van der Waals surface area contributed by atoms with Crippen molar-refractivity contribution in [3.8, 4) is 0 Å². The van der Waals surface area contributed by atoms with E-state index >= 15 is 0 Å². The normalized spacial score (nSPS) is 19.6. The number of carbonyl (C=O) groups excluding carboxylic acids is 1. The first-order chi connectivity index (χ1) is 11.3. The molecular formula is C18H27N3O2. The predicted octanol–water partition coefficient (Wildman–Crippen LogP) is 2.50. The largest absolute Gasteiger partial charge is 0.378 e. The van der Waals surface area contributed by atoms with Gasteiger partial charge in [-0.15, -0.1) is 0 Å². The van der Waals surface area contributed by atoms with Crippen molar-refractivity contribution in [3.63, 3.8) is 0 Å². The molecule has 1 amide bonds. The molecule has 0 atom stereocenters. The van der Waals surface area contributed by atoms with Gasteiger partial charge >= 0.3 is 0 Å². The second-order valence-corrected chi connectivity index (χ2v) is 6.57. The maximum absolute atomic E-state index is 12.2. The molecule has 1 N–H and O–H groups in total. The number of morpholine rings is 1. The number of aromatic nitrogens is 1. The Hall–Kier alpha value is -1.62. The highest BCUT2D eigenvalue weighted by molar-refractivity contribution is 5.76. The highest BCUT2D eigenvalue weighted by Crippen LogP contribution is 2.26. The van der Waals surface area contributed by atoms with Crippen molar-refractivity contribution < 1.29 is 9.53 Å². The molecule has 5 nitrogen and oxygen atoms in total. The molecule has 1 aromatic heterocycles. The van der Waals surface area contributed by atoms with Crippen LogP contribution in [0.2, 0.25) is 0 Å². The number of rotatable bonds is 5. The van der Waals surface area contributed by atoms with Gasteiger partial charge in [-0.1, -0.05) is 25.3 Å². The van der Waals surface area contributed by atoms with Gasteiger partial charge < -0.3 is 15.0 Å². The lowest BCUT2D eigenvalue weighted by molar-refractivity contribution is -0.122. The van der Waals surface area contributed by atoms with Crippen LogP contribution in [-0.4, -0.2) is 37.2 Å². The summed E-state index contributed by atoms with van der Waals surface area (Å²) < 4.78 is 5.40. The molecule has 126 valence electrons. The minimum absolute atomic E-state index is 0.175. The fraction of sp³-hybridized carbons (Fsp3) is 0.667. The van der Waals surface area contributed by atoms with E-state index in [-0.39, 0.29) is 5.91 Å². The monoisotopic (exact) mass is 317 g/mol. The van der Waals surface area contributed by atoms with Crippen molar-refractivity contribution in [2.45, 2.75) is 45.1 Å². The van der Waals surface area contributed by atoms with E-state index in [2.05, 4.69) is 21.3 Å². The second-order valence-electron chi connectivity index (χ2n) is 6.57. The Morgan fingerprint density at radius 2 is 2.04 bits per heavy atom. The molecule has 1 saturated heterocycles. The third kappa shape index (κ3) is 4.67. The Morgan fingerprint density at radius 3 is 2.83 bits per heavy atom. The molecule has 1 aliphatic heterocycles. The molecule has 2 heterocycles. The third-order valence-electron chi connectivity index (χ3n) is 4.85. The summed E-state index contributed by atoms with van der Waals surface area (Å²) in [5, 5.41) is 3.09. The van der Waals surface area contributed by atoms with E-state index < -0.39 is 0 Å². The fourth-order valence-electron chi connectivity index (χ4n) is 3.55. The minimum atomic E-state index is 0.175. The summed E-state index contributed by atoms with van der Waals surface area (Å²) in [5.74, 6) is 1.74. The van der Waals surface area contributed by atoms with E-state index in [9.17, 15) is 4.79 Å². The van der Waals surface area contributed by atoms with E-state index in [1.165, 1.54) is 32.1 Å². The van der Waals surface area contributed by atoms with Crippen LogP contribution in [0.4, 0.5) is 5.82 Å². The molecular weight excluding hydrogens is 290 g/mol. The lowest BCUT2D eigenvalue weighted by Crippen LogP contribution is -2.38. The Morgan fingerprint density at radius 1 is 1.26 bits per heavy atom. The fourth-order valence-corrected chi connectivity index (χ4v) is 3.55. The zero-order chi connectivity index (χ0) is 15.9. The summed E-state index contributed by atoms with van der Waals surface area (Å²) in [5.41, 5.74) is 1.09. The van der Waals surface area contributed by atoms with Crippen molar-refractivity contribution in [3.05, 3.63) is 23.9 Å². The van der Waals surface area contributed by atoms with Gasteiger partial charge in [-0.2, -0.15) is 0 Å². The summed E-state index contributed by atoms with van der Waals surface area (Å²) in [6.45, 7) is 3.76. The number of carbonyl (C=O) groups is 1. The van der Waals surface area contributed by atoms with Crippen LogP contribution in [0.5, 0.6) is 0 Å². The Kier molecular flexibility index (Phi) is 5.86. The molecule has 2 aliphatic rings. The molecule has 5 heteroatoms. The standard InChI is InChI=1S/C18H27N3O2/c22-17(13-15-5-2-1-3-6-15)20-14-16-7-4-8-19-18(16)21-9-11-23-12-10-21/h4,7-8,15H,1-3,5-6,9-14H2,(H,20,22). The lowest BCUT2D eigenvalue weighted by Gasteiger charge is -2.29. The Balaban J connectivity index is 1.54. The van der Waals surface area contributed by atoms with Crippen LogP contribution >= 0.6 is 0 Å². The Labute approximate surface area is 138 Å². The van der Waals surface area contributed by atoms with E-state index in [1.807, 2.05) is 12.3 Å². The number of amides is 1. The molecule has 23 heavy (non-hydrogen) atoms. The second kappa shape index (κ2) is 8.29. The van der Waals surface area contributed by atoms with E-state index in [4.69, 9.17) is 4.74 Å². The number of anilines is 1. The molecule has 0 radical (unpaired) electrons. The van der Waals surface area contributed by atoms with Crippen LogP contribution in [0.25, 0.3) is 0 Å². The van der Waals surface area contributed by atoms with Crippen LogP contribution in [0, 0.1) is 5.92 Å². The maximum Gasteiger partial charge on any atom is 0.220 e. The summed E-state index contributed by atoms with van der Waals surface area (Å²) in [4.78, 5) is 19.0. The number of pyridine rings is 1. The molecule has 1 aromatic rings.